The van der Waals surface area contributed by atoms with Crippen LogP contribution in [0.3, 0.4) is 0 Å². The largest absolute Gasteiger partial charge is 0.0616 e. The van der Waals surface area contributed by atoms with Crippen molar-refractivity contribution >= 4 is 0 Å². The minimum absolute atomic E-state index is 1.04. The Morgan fingerprint density at radius 1 is 0.250 bits per heavy atom. The first-order valence-corrected chi connectivity index (χ1v) is 17.4. The van der Waals surface area contributed by atoms with Gasteiger partial charge in [-0.3, -0.25) is 0 Å². The third-order valence-corrected chi connectivity index (χ3v) is 9.67. The molecule has 0 nitrogen and oxygen atoms in total. The molecule has 0 N–H and O–H groups in total. The predicted molar refractivity (Wildman–Crippen MR) is 207 cm³/mol. The number of hydrogen-bond acceptors (Lipinski definition) is 0. The van der Waals surface area contributed by atoms with Crippen LogP contribution in [0.5, 0.6) is 0 Å². The average molecular weight is 619 g/mol. The molecule has 0 aliphatic heterocycles. The Morgan fingerprint density at radius 3 is 0.667 bits per heavy atom. The molecular formula is C48H42. The van der Waals surface area contributed by atoms with Crippen molar-refractivity contribution in [2.24, 2.45) is 0 Å². The molecule has 0 aliphatic carbocycles. The standard InChI is InChI=1S/C48H42/c1-4-34-19-25-37(26-20-34)43-13-7-10-16-46(43)40-31-41(47-17-11-8-14-44(47)38-27-21-35(5-2)22-28-38)33-42(32-40)48-18-12-9-15-45(48)39-29-23-36(6-3)24-30-39/h7-33H,4-6H2,1-3H3. The molecule has 0 unspecified atom stereocenters. The highest BCUT2D eigenvalue weighted by molar-refractivity contribution is 5.94. The van der Waals surface area contributed by atoms with E-state index in [9.17, 15) is 0 Å². The monoisotopic (exact) mass is 618 g/mol. The number of aryl methyl sites for hydroxylation is 3. The molecule has 0 aliphatic rings. The fourth-order valence-corrected chi connectivity index (χ4v) is 6.81. The van der Waals surface area contributed by atoms with E-state index < -0.39 is 0 Å². The van der Waals surface area contributed by atoms with E-state index in [0.29, 0.717) is 0 Å². The molecule has 0 bridgehead atoms. The van der Waals surface area contributed by atoms with Gasteiger partial charge in [-0.1, -0.05) is 166 Å². The van der Waals surface area contributed by atoms with Crippen molar-refractivity contribution in [3.05, 3.63) is 180 Å². The summed E-state index contributed by atoms with van der Waals surface area (Å²) in [5.41, 5.74) is 18.9. The van der Waals surface area contributed by atoms with E-state index in [-0.39, 0.29) is 0 Å². The van der Waals surface area contributed by atoms with Crippen molar-refractivity contribution in [2.45, 2.75) is 40.0 Å². The molecule has 0 spiro atoms. The maximum atomic E-state index is 2.39. The van der Waals surface area contributed by atoms with Gasteiger partial charge in [0.25, 0.3) is 0 Å². The summed E-state index contributed by atoms with van der Waals surface area (Å²) in [5, 5.41) is 0. The van der Waals surface area contributed by atoms with Crippen molar-refractivity contribution in [1.82, 2.24) is 0 Å². The van der Waals surface area contributed by atoms with E-state index in [1.165, 1.54) is 83.5 Å². The van der Waals surface area contributed by atoms with Crippen molar-refractivity contribution in [1.29, 1.82) is 0 Å². The lowest BCUT2D eigenvalue weighted by Crippen LogP contribution is -1.92. The van der Waals surface area contributed by atoms with Gasteiger partial charge in [0.15, 0.2) is 0 Å². The zero-order chi connectivity index (χ0) is 32.9. The molecule has 0 saturated heterocycles. The van der Waals surface area contributed by atoms with Gasteiger partial charge in [0.05, 0.1) is 0 Å². The van der Waals surface area contributed by atoms with Crippen LogP contribution >= 0.6 is 0 Å². The van der Waals surface area contributed by atoms with Crippen LogP contribution < -0.4 is 0 Å². The van der Waals surface area contributed by atoms with E-state index in [1.54, 1.807) is 0 Å². The molecule has 234 valence electrons. The Balaban J connectivity index is 1.45. The average Bonchev–Trinajstić information content (AvgIpc) is 3.18. The molecule has 0 atom stereocenters. The molecule has 0 heteroatoms. The van der Waals surface area contributed by atoms with E-state index in [1.807, 2.05) is 0 Å². The van der Waals surface area contributed by atoms with E-state index >= 15 is 0 Å². The zero-order valence-corrected chi connectivity index (χ0v) is 28.2. The lowest BCUT2D eigenvalue weighted by Gasteiger charge is -2.18. The smallest absolute Gasteiger partial charge is 0.0105 e. The molecule has 7 aromatic rings. The van der Waals surface area contributed by atoms with Gasteiger partial charge in [-0.25, -0.2) is 0 Å². The fourth-order valence-electron chi connectivity index (χ4n) is 6.81. The molecule has 7 aromatic carbocycles. The van der Waals surface area contributed by atoms with Crippen LogP contribution in [0.2, 0.25) is 0 Å². The highest BCUT2D eigenvalue weighted by atomic mass is 14.2. The van der Waals surface area contributed by atoms with Gasteiger partial charge in [0.2, 0.25) is 0 Å². The lowest BCUT2D eigenvalue weighted by atomic mass is 9.86. The molecular weight excluding hydrogens is 577 g/mol. The molecule has 0 saturated carbocycles. The van der Waals surface area contributed by atoms with Crippen molar-refractivity contribution in [3.63, 3.8) is 0 Å². The summed E-state index contributed by atoms with van der Waals surface area (Å²) in [6.45, 7) is 6.63. The van der Waals surface area contributed by atoms with Gasteiger partial charge in [-0.15, -0.1) is 0 Å². The second-order valence-electron chi connectivity index (χ2n) is 12.6. The highest BCUT2D eigenvalue weighted by Crippen LogP contribution is 2.42. The second kappa shape index (κ2) is 14.1. The van der Waals surface area contributed by atoms with Gasteiger partial charge in [-0.2, -0.15) is 0 Å². The van der Waals surface area contributed by atoms with Crippen molar-refractivity contribution < 1.29 is 0 Å². The summed E-state index contributed by atoms with van der Waals surface area (Å²) in [5.74, 6) is 0. The minimum Gasteiger partial charge on any atom is -0.0616 e. The number of hydrogen-bond donors (Lipinski definition) is 0. The Kier molecular flexibility index (Phi) is 9.16. The first-order valence-electron chi connectivity index (χ1n) is 17.4. The summed E-state index contributed by atoms with van der Waals surface area (Å²) in [6.07, 6.45) is 3.11. The Morgan fingerprint density at radius 2 is 0.458 bits per heavy atom. The molecule has 0 heterocycles. The van der Waals surface area contributed by atoms with Gasteiger partial charge < -0.3 is 0 Å². The van der Waals surface area contributed by atoms with Crippen LogP contribution in [-0.2, 0) is 19.3 Å². The fraction of sp³-hybridized carbons (Fsp3) is 0.125. The van der Waals surface area contributed by atoms with Crippen molar-refractivity contribution in [2.75, 3.05) is 0 Å². The summed E-state index contributed by atoms with van der Waals surface area (Å²) in [7, 11) is 0. The minimum atomic E-state index is 1.04. The normalized spacial score (nSPS) is 11.1. The lowest BCUT2D eigenvalue weighted by molar-refractivity contribution is 1.14. The Labute approximate surface area is 286 Å². The maximum absolute atomic E-state index is 2.39. The molecule has 0 amide bonds. The quantitative estimate of drug-likeness (QED) is 0.151. The van der Waals surface area contributed by atoms with E-state index in [2.05, 4.69) is 185 Å². The first kappa shape index (κ1) is 31.2. The molecule has 0 aromatic heterocycles. The van der Waals surface area contributed by atoms with Gasteiger partial charge in [0, 0.05) is 0 Å². The second-order valence-corrected chi connectivity index (χ2v) is 12.6. The Bertz CT molecular complexity index is 1880. The molecule has 0 radical (unpaired) electrons. The van der Waals surface area contributed by atoms with Crippen molar-refractivity contribution in [3.8, 4) is 66.8 Å². The molecule has 48 heavy (non-hydrogen) atoms. The summed E-state index contributed by atoms with van der Waals surface area (Å²) < 4.78 is 0. The van der Waals surface area contributed by atoms with Crippen LogP contribution in [0.4, 0.5) is 0 Å². The van der Waals surface area contributed by atoms with Crippen LogP contribution in [0.1, 0.15) is 37.5 Å². The van der Waals surface area contributed by atoms with Gasteiger partial charge in [0.1, 0.15) is 0 Å². The van der Waals surface area contributed by atoms with Crippen LogP contribution in [0.15, 0.2) is 164 Å². The van der Waals surface area contributed by atoms with Crippen LogP contribution in [0.25, 0.3) is 66.8 Å². The Hall–Kier alpha value is -5.46. The summed E-state index contributed by atoms with van der Waals surface area (Å²) in [4.78, 5) is 0. The molecule has 7 rings (SSSR count). The summed E-state index contributed by atoms with van der Waals surface area (Å²) in [6, 6.07) is 60.9. The van der Waals surface area contributed by atoms with E-state index in [0.717, 1.165) is 19.3 Å². The van der Waals surface area contributed by atoms with Gasteiger partial charge in [-0.05, 0) is 121 Å². The molecule has 0 fully saturated rings. The third kappa shape index (κ3) is 6.40. The van der Waals surface area contributed by atoms with Crippen LogP contribution in [0, 0.1) is 0 Å². The number of rotatable bonds is 9. The number of benzene rings is 7. The van der Waals surface area contributed by atoms with E-state index in [4.69, 9.17) is 0 Å². The zero-order valence-electron chi connectivity index (χ0n) is 28.2. The SMILES string of the molecule is CCc1ccc(-c2ccccc2-c2cc(-c3ccccc3-c3ccc(CC)cc3)cc(-c3ccccc3-c3ccc(CC)cc3)c2)cc1. The first-order chi connectivity index (χ1) is 23.6. The predicted octanol–water partition coefficient (Wildman–Crippen LogP) is 13.4. The van der Waals surface area contributed by atoms with Crippen LogP contribution in [-0.4, -0.2) is 0 Å². The third-order valence-electron chi connectivity index (χ3n) is 9.67. The topological polar surface area (TPSA) is 0 Å². The highest BCUT2D eigenvalue weighted by Gasteiger charge is 2.16. The summed E-state index contributed by atoms with van der Waals surface area (Å²) >= 11 is 0. The maximum Gasteiger partial charge on any atom is -0.0105 e. The van der Waals surface area contributed by atoms with Gasteiger partial charge >= 0.3 is 0 Å².